The van der Waals surface area contributed by atoms with E-state index in [0.717, 1.165) is 0 Å². The van der Waals surface area contributed by atoms with Crippen LogP contribution in [0.5, 0.6) is 0 Å². The Hall–Kier alpha value is -0.170. The minimum absolute atomic E-state index is 0. The summed E-state index contributed by atoms with van der Waals surface area (Å²) in [5.41, 5.74) is 6.26. The third-order valence-corrected chi connectivity index (χ3v) is 2.91. The van der Waals surface area contributed by atoms with E-state index in [2.05, 4.69) is 0 Å². The Bertz CT molecular complexity index is 386. The Morgan fingerprint density at radius 1 is 1.27 bits per heavy atom. The summed E-state index contributed by atoms with van der Waals surface area (Å²) in [6.45, 7) is 0. The minimum atomic E-state index is -0.501. The maximum atomic E-state index is 8.50. The molecule has 0 aliphatic heterocycles. The Morgan fingerprint density at radius 2 is 1.80 bits per heavy atom. The van der Waals surface area contributed by atoms with Crippen molar-refractivity contribution in [1.82, 2.24) is 0 Å². The van der Waals surface area contributed by atoms with Gasteiger partial charge in [0.2, 0.25) is 0 Å². The highest BCUT2D eigenvalue weighted by Crippen LogP contribution is 2.35. The smallest absolute Gasteiger partial charge is 0.0655 e. The molecule has 1 aromatic carbocycles. The van der Waals surface area contributed by atoms with Gasteiger partial charge in [0.25, 0.3) is 0 Å². The lowest BCUT2D eigenvalue weighted by atomic mass is 10.1. The van der Waals surface area contributed by atoms with Crippen molar-refractivity contribution in [2.24, 2.45) is 5.73 Å². The van der Waals surface area contributed by atoms with Gasteiger partial charge in [-0.1, -0.05) is 34.8 Å². The summed E-state index contributed by atoms with van der Waals surface area (Å²) in [6, 6.07) is 4.66. The van der Waals surface area contributed by atoms with E-state index in [1.54, 1.807) is 12.1 Å². The Balaban J connectivity index is 0.00000196. The second-order valence-electron chi connectivity index (χ2n) is 2.73. The van der Waals surface area contributed by atoms with Crippen LogP contribution in [0.25, 0.3) is 0 Å². The van der Waals surface area contributed by atoms with Crippen LogP contribution in [-0.4, -0.2) is 0 Å². The average Bonchev–Trinajstić information content (AvgIpc) is 2.13. The van der Waals surface area contributed by atoms with E-state index in [0.29, 0.717) is 20.6 Å². The largest absolute Gasteiger partial charge is 0.323 e. The van der Waals surface area contributed by atoms with Gasteiger partial charge < -0.3 is 5.73 Å². The second-order valence-corrected chi connectivity index (χ2v) is 3.92. The Labute approximate surface area is 109 Å². The van der Waals surface area contributed by atoms with Gasteiger partial charge in [-0.05, 0) is 12.1 Å². The highest BCUT2D eigenvalue weighted by molar-refractivity contribution is 6.44. The molecule has 1 atom stereocenters. The number of rotatable bonds is 2. The number of halogens is 4. The fraction of sp³-hybridized carbons (Fsp3) is 0.222. The zero-order valence-corrected chi connectivity index (χ0v) is 10.6. The summed E-state index contributed by atoms with van der Waals surface area (Å²) >= 11 is 17.6. The minimum Gasteiger partial charge on any atom is -0.323 e. The highest BCUT2D eigenvalue weighted by atomic mass is 35.5. The van der Waals surface area contributed by atoms with Crippen LogP contribution in [0.1, 0.15) is 18.0 Å². The van der Waals surface area contributed by atoms with Crippen molar-refractivity contribution >= 4 is 47.2 Å². The van der Waals surface area contributed by atoms with Crippen molar-refractivity contribution in [3.63, 3.8) is 0 Å². The first-order chi connectivity index (χ1) is 6.57. The highest BCUT2D eigenvalue weighted by Gasteiger charge is 2.16. The van der Waals surface area contributed by atoms with Crippen molar-refractivity contribution in [2.75, 3.05) is 0 Å². The van der Waals surface area contributed by atoms with Crippen LogP contribution in [0, 0.1) is 11.3 Å². The Kier molecular flexibility index (Phi) is 6.35. The van der Waals surface area contributed by atoms with E-state index in [1.807, 2.05) is 6.07 Å². The van der Waals surface area contributed by atoms with Crippen LogP contribution in [0.3, 0.4) is 0 Å². The number of benzene rings is 1. The molecule has 0 heterocycles. The molecule has 0 saturated heterocycles. The van der Waals surface area contributed by atoms with Crippen LogP contribution in [-0.2, 0) is 0 Å². The van der Waals surface area contributed by atoms with Gasteiger partial charge in [0.05, 0.1) is 22.5 Å². The molecule has 2 N–H and O–H groups in total. The van der Waals surface area contributed by atoms with Gasteiger partial charge in [-0.2, -0.15) is 5.26 Å². The molecule has 0 bridgehead atoms. The summed E-state index contributed by atoms with van der Waals surface area (Å²) in [7, 11) is 0. The summed E-state index contributed by atoms with van der Waals surface area (Å²) < 4.78 is 0. The standard InChI is InChI=1S/C9H7Cl3N2.ClH/c10-5-1-2-6(11)9(12)8(5)7(14)3-4-13;/h1-2,7H,3,14H2;1H/t7-;/m0./s1. The molecule has 0 radical (unpaired) electrons. The van der Waals surface area contributed by atoms with E-state index in [4.69, 9.17) is 45.8 Å². The van der Waals surface area contributed by atoms with Gasteiger partial charge in [-0.3, -0.25) is 0 Å². The van der Waals surface area contributed by atoms with Gasteiger partial charge in [-0.15, -0.1) is 12.4 Å². The van der Waals surface area contributed by atoms with Crippen LogP contribution in [0.15, 0.2) is 12.1 Å². The molecular weight excluding hydrogens is 278 g/mol. The fourth-order valence-electron chi connectivity index (χ4n) is 1.08. The van der Waals surface area contributed by atoms with Crippen molar-refractivity contribution < 1.29 is 0 Å². The van der Waals surface area contributed by atoms with Crippen LogP contribution < -0.4 is 5.73 Å². The summed E-state index contributed by atoms with van der Waals surface area (Å²) in [6.07, 6.45) is 0.153. The fourth-order valence-corrected chi connectivity index (χ4v) is 1.90. The first-order valence-electron chi connectivity index (χ1n) is 3.84. The SMILES string of the molecule is Cl.N#CC[C@H](N)c1c(Cl)ccc(Cl)c1Cl. The number of nitrogens with zero attached hydrogens (tertiary/aromatic N) is 1. The van der Waals surface area contributed by atoms with E-state index in [1.165, 1.54) is 0 Å². The van der Waals surface area contributed by atoms with Crippen molar-refractivity contribution in [3.8, 4) is 6.07 Å². The number of nitriles is 1. The second kappa shape index (κ2) is 6.42. The lowest BCUT2D eigenvalue weighted by Crippen LogP contribution is -2.10. The van der Waals surface area contributed by atoms with Gasteiger partial charge in [0.1, 0.15) is 0 Å². The quantitative estimate of drug-likeness (QED) is 0.836. The molecule has 82 valence electrons. The molecule has 0 aliphatic rings. The molecule has 15 heavy (non-hydrogen) atoms. The van der Waals surface area contributed by atoms with Crippen molar-refractivity contribution in [3.05, 3.63) is 32.8 Å². The van der Waals surface area contributed by atoms with E-state index < -0.39 is 6.04 Å². The number of nitrogens with two attached hydrogens (primary N) is 1. The summed E-state index contributed by atoms with van der Waals surface area (Å²) in [5, 5.41) is 9.64. The molecule has 0 aliphatic carbocycles. The van der Waals surface area contributed by atoms with Crippen molar-refractivity contribution in [1.29, 1.82) is 5.26 Å². The van der Waals surface area contributed by atoms with E-state index in [9.17, 15) is 0 Å². The monoisotopic (exact) mass is 284 g/mol. The first-order valence-corrected chi connectivity index (χ1v) is 4.97. The molecule has 0 unspecified atom stereocenters. The molecule has 0 spiro atoms. The zero-order valence-electron chi connectivity index (χ0n) is 7.51. The molecule has 1 rings (SSSR count). The maximum absolute atomic E-state index is 8.50. The van der Waals surface area contributed by atoms with Gasteiger partial charge in [0.15, 0.2) is 0 Å². The maximum Gasteiger partial charge on any atom is 0.0655 e. The lowest BCUT2D eigenvalue weighted by molar-refractivity contribution is 0.749. The van der Waals surface area contributed by atoms with Crippen molar-refractivity contribution in [2.45, 2.75) is 12.5 Å². The third kappa shape index (κ3) is 3.41. The summed E-state index contributed by atoms with van der Waals surface area (Å²) in [4.78, 5) is 0. The van der Waals surface area contributed by atoms with E-state index >= 15 is 0 Å². The molecule has 0 aromatic heterocycles. The topological polar surface area (TPSA) is 49.8 Å². The van der Waals surface area contributed by atoms with Gasteiger partial charge >= 0.3 is 0 Å². The zero-order chi connectivity index (χ0) is 10.7. The normalized spacial score (nSPS) is 11.4. The molecule has 1 aromatic rings. The van der Waals surface area contributed by atoms with Gasteiger partial charge in [0, 0.05) is 16.6 Å². The average molecular weight is 286 g/mol. The molecule has 0 fully saturated rings. The Morgan fingerprint density at radius 3 is 2.33 bits per heavy atom. The summed E-state index contributed by atoms with van der Waals surface area (Å²) in [5.74, 6) is 0. The van der Waals surface area contributed by atoms with E-state index in [-0.39, 0.29) is 18.8 Å². The van der Waals surface area contributed by atoms with Crippen LogP contribution in [0.4, 0.5) is 0 Å². The number of hydrogen-bond donors (Lipinski definition) is 1. The number of hydrogen-bond acceptors (Lipinski definition) is 2. The first kappa shape index (κ1) is 14.8. The molecule has 0 amide bonds. The van der Waals surface area contributed by atoms with Crippen LogP contribution in [0.2, 0.25) is 15.1 Å². The van der Waals surface area contributed by atoms with Crippen LogP contribution >= 0.6 is 47.2 Å². The molecule has 2 nitrogen and oxygen atoms in total. The lowest BCUT2D eigenvalue weighted by Gasteiger charge is -2.13. The molecule has 6 heteroatoms. The van der Waals surface area contributed by atoms with Gasteiger partial charge in [-0.25, -0.2) is 0 Å². The predicted molar refractivity (Wildman–Crippen MR) is 65.9 cm³/mol. The molecule has 0 saturated carbocycles. The molecular formula is C9H8Cl4N2. The predicted octanol–water partition coefficient (Wildman–Crippen LogP) is 3.98. The third-order valence-electron chi connectivity index (χ3n) is 1.76.